The molecule has 0 aliphatic carbocycles. The molecule has 0 bridgehead atoms. The summed E-state index contributed by atoms with van der Waals surface area (Å²) in [7, 11) is 0. The lowest BCUT2D eigenvalue weighted by molar-refractivity contribution is 0.0990. The van der Waals surface area contributed by atoms with Crippen molar-refractivity contribution < 1.29 is 4.79 Å². The van der Waals surface area contributed by atoms with Crippen molar-refractivity contribution in [3.8, 4) is 0 Å². The largest absolute Gasteiger partial charge is 0.364 e. The lowest BCUT2D eigenvalue weighted by Gasteiger charge is -2.15. The summed E-state index contributed by atoms with van der Waals surface area (Å²) in [6.07, 6.45) is 4.51. The average Bonchev–Trinajstić information content (AvgIpc) is 2.86. The Balaban J connectivity index is 1.92. The molecule has 0 atom stereocenters. The molecule has 15 heavy (non-hydrogen) atoms. The molecule has 2 N–H and O–H groups in total. The van der Waals surface area contributed by atoms with Gasteiger partial charge in [0.05, 0.1) is 0 Å². The van der Waals surface area contributed by atoms with E-state index in [-0.39, 0.29) is 5.91 Å². The molecule has 1 saturated heterocycles. The number of amides is 1. The molecular weight excluding hydrogens is 190 g/mol. The van der Waals surface area contributed by atoms with Crippen LogP contribution in [0.4, 0.5) is 0 Å². The lowest BCUT2D eigenvalue weighted by atomic mass is 10.4. The Morgan fingerprint density at radius 3 is 2.73 bits per heavy atom. The van der Waals surface area contributed by atoms with Crippen LogP contribution < -0.4 is 5.73 Å². The smallest absolute Gasteiger partial charge is 0.265 e. The van der Waals surface area contributed by atoms with Gasteiger partial charge in [-0.3, -0.25) is 4.79 Å². The first-order valence-electron chi connectivity index (χ1n) is 5.44. The van der Waals surface area contributed by atoms with E-state index in [0.717, 1.165) is 13.1 Å². The maximum absolute atomic E-state index is 11.1. The van der Waals surface area contributed by atoms with E-state index >= 15 is 0 Å². The quantitative estimate of drug-likeness (QED) is 0.789. The number of nitrogens with zero attached hydrogens (tertiary/aromatic N) is 2. The fraction of sp³-hybridized carbons (Fsp3) is 0.545. The monoisotopic (exact) mass is 207 g/mol. The van der Waals surface area contributed by atoms with Gasteiger partial charge in [-0.1, -0.05) is 0 Å². The molecular formula is C11H17N3O. The summed E-state index contributed by atoms with van der Waals surface area (Å²) in [5, 5.41) is 0. The Morgan fingerprint density at radius 2 is 2.07 bits per heavy atom. The third-order valence-electron chi connectivity index (χ3n) is 2.94. The fourth-order valence-corrected chi connectivity index (χ4v) is 2.09. The first-order chi connectivity index (χ1) is 7.27. The zero-order valence-electron chi connectivity index (χ0n) is 8.85. The summed E-state index contributed by atoms with van der Waals surface area (Å²) in [5.41, 5.74) is 5.88. The molecule has 0 aromatic carbocycles. The van der Waals surface area contributed by atoms with E-state index in [4.69, 9.17) is 5.73 Å². The first-order valence-corrected chi connectivity index (χ1v) is 5.44. The molecule has 2 heterocycles. The second-order valence-corrected chi connectivity index (χ2v) is 4.00. The fourth-order valence-electron chi connectivity index (χ4n) is 2.09. The zero-order valence-corrected chi connectivity index (χ0v) is 8.85. The van der Waals surface area contributed by atoms with E-state index in [1.807, 2.05) is 16.8 Å². The van der Waals surface area contributed by atoms with Crippen LogP contribution in [0.2, 0.25) is 0 Å². The predicted molar refractivity (Wildman–Crippen MR) is 58.6 cm³/mol. The number of likely N-dealkylation sites (tertiary alicyclic amines) is 1. The summed E-state index contributed by atoms with van der Waals surface area (Å²) < 4.78 is 1.93. The molecule has 2 rings (SSSR count). The van der Waals surface area contributed by atoms with Gasteiger partial charge >= 0.3 is 0 Å². The molecule has 0 saturated carbocycles. The first kappa shape index (κ1) is 10.2. The molecule has 0 radical (unpaired) electrons. The highest BCUT2D eigenvalue weighted by Gasteiger charge is 2.12. The van der Waals surface area contributed by atoms with Crippen LogP contribution in [0, 0.1) is 0 Å². The predicted octanol–water partition coefficient (Wildman–Crippen LogP) is 0.683. The maximum Gasteiger partial charge on any atom is 0.265 e. The van der Waals surface area contributed by atoms with E-state index in [0.29, 0.717) is 5.69 Å². The van der Waals surface area contributed by atoms with Crippen molar-refractivity contribution in [3.63, 3.8) is 0 Å². The Kier molecular flexibility index (Phi) is 3.06. The van der Waals surface area contributed by atoms with Gasteiger partial charge in [0.1, 0.15) is 5.69 Å². The Hall–Kier alpha value is -1.29. The van der Waals surface area contributed by atoms with E-state index in [1.54, 1.807) is 6.07 Å². The molecule has 1 aromatic heterocycles. The number of carbonyl (C=O) groups excluding carboxylic acids is 1. The summed E-state index contributed by atoms with van der Waals surface area (Å²) in [4.78, 5) is 13.5. The molecule has 1 aliphatic heterocycles. The van der Waals surface area contributed by atoms with Gasteiger partial charge in [-0.05, 0) is 38.1 Å². The lowest BCUT2D eigenvalue weighted by Crippen LogP contribution is -2.26. The van der Waals surface area contributed by atoms with Gasteiger partial charge in [-0.15, -0.1) is 0 Å². The Bertz CT molecular complexity index is 339. The van der Waals surface area contributed by atoms with Crippen molar-refractivity contribution in [3.05, 3.63) is 24.0 Å². The van der Waals surface area contributed by atoms with Gasteiger partial charge in [0.25, 0.3) is 5.91 Å². The van der Waals surface area contributed by atoms with Crippen LogP contribution in [0.1, 0.15) is 23.3 Å². The SMILES string of the molecule is NC(=O)c1cccn1CCN1CCCC1. The number of rotatable bonds is 4. The summed E-state index contributed by atoms with van der Waals surface area (Å²) in [6, 6.07) is 3.64. The minimum absolute atomic E-state index is 0.346. The van der Waals surface area contributed by atoms with Gasteiger partial charge in [0.15, 0.2) is 0 Å². The van der Waals surface area contributed by atoms with Crippen molar-refractivity contribution in [2.75, 3.05) is 19.6 Å². The van der Waals surface area contributed by atoms with Crippen LogP contribution in [0.5, 0.6) is 0 Å². The second kappa shape index (κ2) is 4.49. The topological polar surface area (TPSA) is 51.3 Å². The van der Waals surface area contributed by atoms with Crippen molar-refractivity contribution in [2.45, 2.75) is 19.4 Å². The average molecular weight is 207 g/mol. The van der Waals surface area contributed by atoms with Crippen LogP contribution in [0.15, 0.2) is 18.3 Å². The molecule has 0 spiro atoms. The van der Waals surface area contributed by atoms with E-state index in [1.165, 1.54) is 25.9 Å². The van der Waals surface area contributed by atoms with Crippen LogP contribution in [0.3, 0.4) is 0 Å². The molecule has 1 amide bonds. The van der Waals surface area contributed by atoms with Crippen LogP contribution in [0.25, 0.3) is 0 Å². The zero-order chi connectivity index (χ0) is 10.7. The minimum Gasteiger partial charge on any atom is -0.364 e. The molecule has 1 aromatic rings. The van der Waals surface area contributed by atoms with Gasteiger partial charge < -0.3 is 15.2 Å². The van der Waals surface area contributed by atoms with Crippen molar-refractivity contribution in [1.29, 1.82) is 0 Å². The standard InChI is InChI=1S/C11H17N3O/c12-11(15)10-4-3-7-14(10)9-8-13-5-1-2-6-13/h3-4,7H,1-2,5-6,8-9H2,(H2,12,15). The van der Waals surface area contributed by atoms with Gasteiger partial charge in [-0.25, -0.2) is 0 Å². The summed E-state index contributed by atoms with van der Waals surface area (Å²) in [5.74, 6) is -0.346. The highest BCUT2D eigenvalue weighted by molar-refractivity contribution is 5.91. The van der Waals surface area contributed by atoms with Crippen molar-refractivity contribution in [1.82, 2.24) is 9.47 Å². The Morgan fingerprint density at radius 1 is 1.33 bits per heavy atom. The van der Waals surface area contributed by atoms with Crippen LogP contribution in [-0.2, 0) is 6.54 Å². The number of nitrogens with two attached hydrogens (primary N) is 1. The number of carbonyl (C=O) groups is 1. The molecule has 1 fully saturated rings. The number of hydrogen-bond acceptors (Lipinski definition) is 2. The highest BCUT2D eigenvalue weighted by atomic mass is 16.1. The highest BCUT2D eigenvalue weighted by Crippen LogP contribution is 2.08. The Labute approximate surface area is 89.7 Å². The molecule has 1 aliphatic rings. The maximum atomic E-state index is 11.1. The van der Waals surface area contributed by atoms with E-state index in [2.05, 4.69) is 4.90 Å². The number of primary amides is 1. The van der Waals surface area contributed by atoms with Crippen LogP contribution in [-0.4, -0.2) is 35.0 Å². The van der Waals surface area contributed by atoms with Gasteiger partial charge in [-0.2, -0.15) is 0 Å². The van der Waals surface area contributed by atoms with Crippen molar-refractivity contribution >= 4 is 5.91 Å². The normalized spacial score (nSPS) is 17.1. The van der Waals surface area contributed by atoms with Crippen LogP contribution >= 0.6 is 0 Å². The van der Waals surface area contributed by atoms with Gasteiger partial charge in [0.2, 0.25) is 0 Å². The molecule has 4 heteroatoms. The molecule has 82 valence electrons. The number of hydrogen-bond donors (Lipinski definition) is 1. The third kappa shape index (κ3) is 2.39. The molecule has 0 unspecified atom stereocenters. The second-order valence-electron chi connectivity index (χ2n) is 4.00. The van der Waals surface area contributed by atoms with Crippen molar-refractivity contribution in [2.24, 2.45) is 5.73 Å². The molecule has 4 nitrogen and oxygen atoms in total. The van der Waals surface area contributed by atoms with E-state index in [9.17, 15) is 4.79 Å². The summed E-state index contributed by atoms with van der Waals surface area (Å²) in [6.45, 7) is 4.24. The van der Waals surface area contributed by atoms with E-state index < -0.39 is 0 Å². The third-order valence-corrected chi connectivity index (χ3v) is 2.94. The summed E-state index contributed by atoms with van der Waals surface area (Å²) >= 11 is 0. The van der Waals surface area contributed by atoms with Gasteiger partial charge in [0, 0.05) is 19.3 Å². The number of aromatic nitrogens is 1. The minimum atomic E-state index is -0.346.